The van der Waals surface area contributed by atoms with Gasteiger partial charge in [0.1, 0.15) is 24.2 Å². The fourth-order valence-corrected chi connectivity index (χ4v) is 2.82. The number of hydrogen-bond donors (Lipinski definition) is 3. The van der Waals surface area contributed by atoms with Crippen LogP contribution in [-0.4, -0.2) is 30.2 Å². The molecule has 7 heteroatoms. The van der Waals surface area contributed by atoms with E-state index in [4.69, 9.17) is 15.6 Å². The van der Waals surface area contributed by atoms with Crippen molar-refractivity contribution in [2.45, 2.75) is 19.1 Å². The number of halogens is 2. The Morgan fingerprint density at radius 1 is 1.28 bits per heavy atom. The van der Waals surface area contributed by atoms with Crippen LogP contribution in [0.15, 0.2) is 42.5 Å². The topological polar surface area (TPSA) is 84.6 Å². The average Bonchev–Trinajstić information content (AvgIpc) is 2.60. The zero-order valence-electron chi connectivity index (χ0n) is 13.5. The summed E-state index contributed by atoms with van der Waals surface area (Å²) in [5.74, 6) is -0.133. The standard InChI is InChI=1S/C18H20FIN2O3/c19-14-3-1-12(2-4-14)11-25-15-5-6-16(20)13(9-15)7-8-22-17(10-23)18(21)24/h1-6,9,17,22-23H,7-8,10-11H2,(H2,21,24). The lowest BCUT2D eigenvalue weighted by Crippen LogP contribution is -2.44. The molecule has 0 radical (unpaired) electrons. The maximum atomic E-state index is 12.9. The molecule has 0 aromatic heterocycles. The van der Waals surface area contributed by atoms with Crippen molar-refractivity contribution in [3.05, 3.63) is 63.0 Å². The van der Waals surface area contributed by atoms with E-state index >= 15 is 0 Å². The third-order valence-corrected chi connectivity index (χ3v) is 4.70. The first-order valence-corrected chi connectivity index (χ1v) is 8.86. The van der Waals surface area contributed by atoms with Gasteiger partial charge in [-0.2, -0.15) is 0 Å². The second-order valence-electron chi connectivity index (χ2n) is 5.51. The third kappa shape index (κ3) is 6.26. The van der Waals surface area contributed by atoms with Crippen LogP contribution in [0.2, 0.25) is 0 Å². The fraction of sp³-hybridized carbons (Fsp3) is 0.278. The highest BCUT2D eigenvalue weighted by atomic mass is 127. The van der Waals surface area contributed by atoms with Crippen molar-refractivity contribution < 1.29 is 19.0 Å². The van der Waals surface area contributed by atoms with E-state index in [1.807, 2.05) is 18.2 Å². The van der Waals surface area contributed by atoms with Crippen LogP contribution in [0.1, 0.15) is 11.1 Å². The summed E-state index contributed by atoms with van der Waals surface area (Å²) in [5.41, 5.74) is 7.12. The highest BCUT2D eigenvalue weighted by Gasteiger charge is 2.12. The van der Waals surface area contributed by atoms with Crippen molar-refractivity contribution in [3.63, 3.8) is 0 Å². The summed E-state index contributed by atoms with van der Waals surface area (Å²) in [6, 6.07) is 11.2. The Labute approximate surface area is 159 Å². The molecular weight excluding hydrogens is 438 g/mol. The van der Waals surface area contributed by atoms with Crippen molar-refractivity contribution in [3.8, 4) is 5.75 Å². The maximum absolute atomic E-state index is 12.9. The number of nitrogens with two attached hydrogens (primary N) is 1. The minimum absolute atomic E-state index is 0.273. The molecule has 4 N–H and O–H groups in total. The van der Waals surface area contributed by atoms with E-state index in [9.17, 15) is 9.18 Å². The molecule has 2 rings (SSSR count). The van der Waals surface area contributed by atoms with E-state index in [1.54, 1.807) is 12.1 Å². The molecule has 1 atom stereocenters. The van der Waals surface area contributed by atoms with E-state index in [0.717, 1.165) is 14.7 Å². The van der Waals surface area contributed by atoms with Gasteiger partial charge >= 0.3 is 0 Å². The molecule has 2 aromatic carbocycles. The molecule has 25 heavy (non-hydrogen) atoms. The van der Waals surface area contributed by atoms with E-state index in [1.165, 1.54) is 12.1 Å². The number of rotatable bonds is 9. The zero-order chi connectivity index (χ0) is 18.2. The minimum atomic E-state index is -0.740. The predicted molar refractivity (Wildman–Crippen MR) is 102 cm³/mol. The smallest absolute Gasteiger partial charge is 0.236 e. The van der Waals surface area contributed by atoms with Gasteiger partial charge in [0.15, 0.2) is 0 Å². The van der Waals surface area contributed by atoms with Crippen molar-refractivity contribution in [2.75, 3.05) is 13.2 Å². The van der Waals surface area contributed by atoms with Gasteiger partial charge in [-0.25, -0.2) is 4.39 Å². The van der Waals surface area contributed by atoms with Gasteiger partial charge < -0.3 is 20.9 Å². The predicted octanol–water partition coefficient (Wildman–Crippen LogP) is 1.99. The monoisotopic (exact) mass is 458 g/mol. The molecule has 0 fully saturated rings. The van der Waals surface area contributed by atoms with Gasteiger partial charge in [0, 0.05) is 10.1 Å². The first-order chi connectivity index (χ1) is 12.0. The van der Waals surface area contributed by atoms with Crippen LogP contribution in [0.25, 0.3) is 0 Å². The van der Waals surface area contributed by atoms with Gasteiger partial charge in [0.2, 0.25) is 5.91 Å². The highest BCUT2D eigenvalue weighted by Crippen LogP contribution is 2.21. The Morgan fingerprint density at radius 2 is 2.00 bits per heavy atom. The number of hydrogen-bond acceptors (Lipinski definition) is 4. The molecule has 0 saturated heterocycles. The Hall–Kier alpha value is -1.71. The van der Waals surface area contributed by atoms with Gasteiger partial charge in [-0.15, -0.1) is 0 Å². The molecule has 1 unspecified atom stereocenters. The van der Waals surface area contributed by atoms with Crippen LogP contribution in [0.3, 0.4) is 0 Å². The number of ether oxygens (including phenoxy) is 1. The van der Waals surface area contributed by atoms with Gasteiger partial charge in [-0.05, 0) is 70.5 Å². The molecule has 134 valence electrons. The molecule has 0 aliphatic carbocycles. The second-order valence-corrected chi connectivity index (χ2v) is 6.67. The van der Waals surface area contributed by atoms with Crippen molar-refractivity contribution in [2.24, 2.45) is 5.73 Å². The summed E-state index contributed by atoms with van der Waals surface area (Å²) < 4.78 is 19.7. The SMILES string of the molecule is NC(=O)C(CO)NCCc1cc(OCc2ccc(F)cc2)ccc1I. The Bertz CT molecular complexity index is 710. The fourth-order valence-electron chi connectivity index (χ4n) is 2.22. The van der Waals surface area contributed by atoms with Crippen LogP contribution < -0.4 is 15.8 Å². The number of aliphatic hydroxyl groups is 1. The van der Waals surface area contributed by atoms with E-state index in [-0.39, 0.29) is 12.4 Å². The molecule has 0 aliphatic rings. The first kappa shape index (κ1) is 19.6. The Kier molecular flexibility index (Phi) is 7.60. The molecular formula is C18H20FIN2O3. The lowest BCUT2D eigenvalue weighted by molar-refractivity contribution is -0.120. The Balaban J connectivity index is 1.92. The van der Waals surface area contributed by atoms with Crippen LogP contribution in [0.5, 0.6) is 5.75 Å². The molecule has 0 spiro atoms. The van der Waals surface area contributed by atoms with Gasteiger partial charge in [-0.1, -0.05) is 12.1 Å². The molecule has 0 saturated carbocycles. The number of nitrogens with one attached hydrogen (secondary N) is 1. The first-order valence-electron chi connectivity index (χ1n) is 7.79. The van der Waals surface area contributed by atoms with Crippen molar-refractivity contribution in [1.29, 1.82) is 0 Å². The zero-order valence-corrected chi connectivity index (χ0v) is 15.7. The lowest BCUT2D eigenvalue weighted by Gasteiger charge is -2.14. The molecule has 0 bridgehead atoms. The summed E-state index contributed by atoms with van der Waals surface area (Å²) in [5, 5.41) is 12.0. The van der Waals surface area contributed by atoms with Gasteiger partial charge in [0.25, 0.3) is 0 Å². The normalized spacial score (nSPS) is 12.0. The largest absolute Gasteiger partial charge is 0.489 e. The van der Waals surface area contributed by atoms with Gasteiger partial charge in [0.05, 0.1) is 6.61 Å². The molecule has 5 nitrogen and oxygen atoms in total. The highest BCUT2D eigenvalue weighted by molar-refractivity contribution is 14.1. The number of primary amides is 1. The summed E-state index contributed by atoms with van der Waals surface area (Å²) in [6.45, 7) is 0.533. The summed E-state index contributed by atoms with van der Waals surface area (Å²) in [4.78, 5) is 11.1. The Morgan fingerprint density at radius 3 is 2.64 bits per heavy atom. The summed E-state index contributed by atoms with van der Waals surface area (Å²) in [6.07, 6.45) is 0.663. The minimum Gasteiger partial charge on any atom is -0.489 e. The van der Waals surface area contributed by atoms with Gasteiger partial charge in [-0.3, -0.25) is 4.79 Å². The number of aliphatic hydroxyl groups excluding tert-OH is 1. The maximum Gasteiger partial charge on any atom is 0.236 e. The van der Waals surface area contributed by atoms with Crippen LogP contribution >= 0.6 is 22.6 Å². The van der Waals surface area contributed by atoms with E-state index < -0.39 is 11.9 Å². The number of amides is 1. The number of carbonyl (C=O) groups is 1. The second kappa shape index (κ2) is 9.69. The molecule has 1 amide bonds. The summed E-state index contributed by atoms with van der Waals surface area (Å²) >= 11 is 2.23. The lowest BCUT2D eigenvalue weighted by atomic mass is 10.1. The van der Waals surface area contributed by atoms with Crippen LogP contribution in [-0.2, 0) is 17.8 Å². The van der Waals surface area contributed by atoms with E-state index in [0.29, 0.717) is 25.3 Å². The van der Waals surface area contributed by atoms with Crippen molar-refractivity contribution >= 4 is 28.5 Å². The van der Waals surface area contributed by atoms with Crippen LogP contribution in [0.4, 0.5) is 4.39 Å². The number of benzene rings is 2. The summed E-state index contributed by atoms with van der Waals surface area (Å²) in [7, 11) is 0. The van der Waals surface area contributed by atoms with Crippen LogP contribution in [0, 0.1) is 9.39 Å². The molecule has 0 heterocycles. The number of carbonyl (C=O) groups excluding carboxylic acids is 1. The van der Waals surface area contributed by atoms with Crippen molar-refractivity contribution in [1.82, 2.24) is 5.32 Å². The third-order valence-electron chi connectivity index (χ3n) is 3.65. The average molecular weight is 458 g/mol. The molecule has 0 aliphatic heterocycles. The quantitative estimate of drug-likeness (QED) is 0.502. The van der Waals surface area contributed by atoms with E-state index in [2.05, 4.69) is 27.9 Å². The molecule has 2 aromatic rings.